The van der Waals surface area contributed by atoms with Gasteiger partial charge in [0, 0.05) is 11.8 Å². The molecule has 0 aliphatic carbocycles. The molecular formula is C16H15N3O4. The Labute approximate surface area is 131 Å². The molecule has 1 aromatic heterocycles. The van der Waals surface area contributed by atoms with Crippen molar-refractivity contribution in [3.63, 3.8) is 0 Å². The van der Waals surface area contributed by atoms with Crippen molar-refractivity contribution in [2.24, 2.45) is 0 Å². The van der Waals surface area contributed by atoms with E-state index >= 15 is 0 Å². The van der Waals surface area contributed by atoms with Gasteiger partial charge in [-0.05, 0) is 24.3 Å². The number of aliphatic hydroxyl groups excluding tert-OH is 1. The van der Waals surface area contributed by atoms with Crippen LogP contribution in [-0.4, -0.2) is 33.3 Å². The van der Waals surface area contributed by atoms with Crippen LogP contribution in [0.1, 0.15) is 16.6 Å². The van der Waals surface area contributed by atoms with Crippen molar-refractivity contribution in [3.8, 4) is 0 Å². The molecule has 0 bridgehead atoms. The zero-order chi connectivity index (χ0) is 16.2. The van der Waals surface area contributed by atoms with Crippen LogP contribution in [0.4, 0.5) is 5.82 Å². The van der Waals surface area contributed by atoms with Crippen molar-refractivity contribution in [2.45, 2.75) is 12.3 Å². The Morgan fingerprint density at radius 1 is 1.26 bits per heavy atom. The molecule has 0 fully saturated rings. The molecule has 2 aromatic rings. The van der Waals surface area contributed by atoms with Crippen LogP contribution < -0.4 is 11.0 Å². The summed E-state index contributed by atoms with van der Waals surface area (Å²) in [6.07, 6.45) is 3.81. The molecule has 1 amide bonds. The van der Waals surface area contributed by atoms with Gasteiger partial charge in [0.2, 0.25) is 0 Å². The molecule has 118 valence electrons. The number of carbonyl (C=O) groups excluding carboxylic acids is 1. The van der Waals surface area contributed by atoms with E-state index in [9.17, 15) is 9.59 Å². The minimum atomic E-state index is -0.606. The fourth-order valence-electron chi connectivity index (χ4n) is 2.20. The SMILES string of the molecule is O=C(Nc1ccn([C@H]2C=C[C@@H](CO)O2)c(=O)n1)c1ccccc1. The number of hydrogen-bond donors (Lipinski definition) is 2. The van der Waals surface area contributed by atoms with Crippen molar-refractivity contribution >= 4 is 11.7 Å². The maximum absolute atomic E-state index is 12.1. The van der Waals surface area contributed by atoms with E-state index in [1.165, 1.54) is 16.8 Å². The predicted octanol–water partition coefficient (Wildman–Crippen LogP) is 0.941. The summed E-state index contributed by atoms with van der Waals surface area (Å²) in [5.41, 5.74) is -0.0737. The molecule has 1 aromatic carbocycles. The van der Waals surface area contributed by atoms with E-state index in [2.05, 4.69) is 10.3 Å². The maximum Gasteiger partial charge on any atom is 0.351 e. The zero-order valence-corrected chi connectivity index (χ0v) is 12.1. The molecule has 1 aliphatic heterocycles. The fourth-order valence-corrected chi connectivity index (χ4v) is 2.20. The summed E-state index contributed by atoms with van der Waals surface area (Å²) < 4.78 is 6.72. The van der Waals surface area contributed by atoms with Crippen LogP contribution in [-0.2, 0) is 4.74 Å². The first-order valence-electron chi connectivity index (χ1n) is 7.07. The molecule has 23 heavy (non-hydrogen) atoms. The second kappa shape index (κ2) is 6.55. The highest BCUT2D eigenvalue weighted by atomic mass is 16.5. The van der Waals surface area contributed by atoms with Gasteiger partial charge in [-0.25, -0.2) is 4.79 Å². The van der Waals surface area contributed by atoms with Gasteiger partial charge in [0.25, 0.3) is 5.91 Å². The Morgan fingerprint density at radius 3 is 2.70 bits per heavy atom. The third-order valence-electron chi connectivity index (χ3n) is 3.37. The number of amides is 1. The highest BCUT2D eigenvalue weighted by molar-refractivity contribution is 6.03. The zero-order valence-electron chi connectivity index (χ0n) is 12.1. The van der Waals surface area contributed by atoms with E-state index < -0.39 is 18.0 Å². The second-order valence-corrected chi connectivity index (χ2v) is 4.96. The molecule has 0 spiro atoms. The van der Waals surface area contributed by atoms with Gasteiger partial charge in [-0.1, -0.05) is 24.3 Å². The highest BCUT2D eigenvalue weighted by Gasteiger charge is 2.21. The first-order valence-corrected chi connectivity index (χ1v) is 7.07. The molecule has 1 aliphatic rings. The number of hydrogen-bond acceptors (Lipinski definition) is 5. The Kier molecular flexibility index (Phi) is 4.31. The first-order chi connectivity index (χ1) is 11.2. The average molecular weight is 313 g/mol. The van der Waals surface area contributed by atoms with Gasteiger partial charge < -0.3 is 15.2 Å². The molecule has 7 heteroatoms. The molecule has 0 saturated heterocycles. The smallest absolute Gasteiger partial charge is 0.351 e. The summed E-state index contributed by atoms with van der Waals surface area (Å²) >= 11 is 0. The van der Waals surface area contributed by atoms with Crippen LogP contribution in [0.5, 0.6) is 0 Å². The summed E-state index contributed by atoms with van der Waals surface area (Å²) in [7, 11) is 0. The lowest BCUT2D eigenvalue weighted by Gasteiger charge is -2.15. The molecule has 0 saturated carbocycles. The largest absolute Gasteiger partial charge is 0.393 e. The van der Waals surface area contributed by atoms with Crippen LogP contribution >= 0.6 is 0 Å². The lowest BCUT2D eigenvalue weighted by atomic mass is 10.2. The Hall–Kier alpha value is -2.77. The van der Waals surface area contributed by atoms with Crippen LogP contribution in [0.15, 0.2) is 59.5 Å². The standard InChI is InChI=1S/C16H15N3O4/c20-10-12-6-7-14(23-12)19-9-8-13(18-16(19)22)17-15(21)11-4-2-1-3-5-11/h1-9,12,14,20H,10H2,(H,17,18,21,22)/t12-,14+/m0/s1. The number of carbonyl (C=O) groups is 1. The van der Waals surface area contributed by atoms with E-state index in [1.807, 2.05) is 6.07 Å². The Bertz CT molecular complexity index is 785. The average Bonchev–Trinajstić information content (AvgIpc) is 3.04. The van der Waals surface area contributed by atoms with Crippen LogP contribution in [0.25, 0.3) is 0 Å². The van der Waals surface area contributed by atoms with E-state index in [4.69, 9.17) is 9.84 Å². The topological polar surface area (TPSA) is 93.5 Å². The van der Waals surface area contributed by atoms with Gasteiger partial charge in [-0.3, -0.25) is 9.36 Å². The number of anilines is 1. The molecule has 0 radical (unpaired) electrons. The summed E-state index contributed by atoms with van der Waals surface area (Å²) in [5, 5.41) is 11.6. The molecular weight excluding hydrogens is 298 g/mol. The first kappa shape index (κ1) is 15.1. The van der Waals surface area contributed by atoms with Gasteiger partial charge in [-0.2, -0.15) is 4.98 Å². The monoisotopic (exact) mass is 313 g/mol. The molecule has 3 rings (SSSR count). The molecule has 7 nitrogen and oxygen atoms in total. The van der Waals surface area contributed by atoms with E-state index in [-0.39, 0.29) is 18.3 Å². The number of aliphatic hydroxyl groups is 1. The van der Waals surface area contributed by atoms with Gasteiger partial charge in [0.05, 0.1) is 6.61 Å². The molecule has 2 atom stereocenters. The summed E-state index contributed by atoms with van der Waals surface area (Å²) in [6, 6.07) is 10.2. The van der Waals surface area contributed by atoms with Crippen molar-refractivity contribution in [1.82, 2.24) is 9.55 Å². The Balaban J connectivity index is 1.74. The second-order valence-electron chi connectivity index (χ2n) is 4.96. The molecule has 2 heterocycles. The van der Waals surface area contributed by atoms with Crippen molar-refractivity contribution in [1.29, 1.82) is 0 Å². The van der Waals surface area contributed by atoms with Gasteiger partial charge in [0.15, 0.2) is 6.23 Å². The number of benzene rings is 1. The van der Waals surface area contributed by atoms with Crippen molar-refractivity contribution in [2.75, 3.05) is 11.9 Å². The summed E-state index contributed by atoms with van der Waals surface area (Å²) in [6.45, 7) is -0.152. The van der Waals surface area contributed by atoms with Gasteiger partial charge in [-0.15, -0.1) is 0 Å². The number of nitrogens with zero attached hydrogens (tertiary/aromatic N) is 2. The van der Waals surface area contributed by atoms with E-state index in [1.54, 1.807) is 36.4 Å². The lowest BCUT2D eigenvalue weighted by molar-refractivity contribution is -0.0102. The number of ether oxygens (including phenoxy) is 1. The van der Waals surface area contributed by atoms with Crippen molar-refractivity contribution < 1.29 is 14.6 Å². The van der Waals surface area contributed by atoms with E-state index in [0.717, 1.165) is 0 Å². The van der Waals surface area contributed by atoms with Gasteiger partial charge in [0.1, 0.15) is 11.9 Å². The number of aromatic nitrogens is 2. The third kappa shape index (κ3) is 3.36. The third-order valence-corrected chi connectivity index (χ3v) is 3.37. The number of rotatable bonds is 4. The minimum absolute atomic E-state index is 0.152. The van der Waals surface area contributed by atoms with E-state index in [0.29, 0.717) is 5.56 Å². The van der Waals surface area contributed by atoms with Crippen LogP contribution in [0.2, 0.25) is 0 Å². The predicted molar refractivity (Wildman–Crippen MR) is 83.0 cm³/mol. The fraction of sp³-hybridized carbons (Fsp3) is 0.188. The van der Waals surface area contributed by atoms with Crippen LogP contribution in [0, 0.1) is 0 Å². The highest BCUT2D eigenvalue weighted by Crippen LogP contribution is 2.19. The molecule has 0 unspecified atom stereocenters. The summed E-state index contributed by atoms with van der Waals surface area (Å²) in [5.74, 6) is -0.173. The number of nitrogens with one attached hydrogen (secondary N) is 1. The van der Waals surface area contributed by atoms with Gasteiger partial charge >= 0.3 is 5.69 Å². The lowest BCUT2D eigenvalue weighted by Crippen LogP contribution is -2.28. The van der Waals surface area contributed by atoms with Crippen LogP contribution in [0.3, 0.4) is 0 Å². The van der Waals surface area contributed by atoms with Crippen molar-refractivity contribution in [3.05, 3.63) is 70.8 Å². The normalized spacial score (nSPS) is 19.7. The minimum Gasteiger partial charge on any atom is -0.393 e. The quantitative estimate of drug-likeness (QED) is 0.820. The maximum atomic E-state index is 12.1. The summed E-state index contributed by atoms with van der Waals surface area (Å²) in [4.78, 5) is 27.9. The Morgan fingerprint density at radius 2 is 2.04 bits per heavy atom. The molecule has 2 N–H and O–H groups in total.